The molecule has 1 N–H and O–H groups in total. The van der Waals surface area contributed by atoms with Crippen LogP contribution in [0.3, 0.4) is 0 Å². The summed E-state index contributed by atoms with van der Waals surface area (Å²) in [5.74, 6) is -2.75. The van der Waals surface area contributed by atoms with E-state index >= 15 is 0 Å². The quantitative estimate of drug-likeness (QED) is 0.408. The van der Waals surface area contributed by atoms with E-state index in [0.29, 0.717) is 40.9 Å². The van der Waals surface area contributed by atoms with Crippen LogP contribution in [-0.4, -0.2) is 37.4 Å². The van der Waals surface area contributed by atoms with Crippen LogP contribution in [0.2, 0.25) is 0 Å². The largest absolute Gasteiger partial charge is 0.364 e. The van der Waals surface area contributed by atoms with Crippen LogP contribution in [0.15, 0.2) is 83.9 Å². The van der Waals surface area contributed by atoms with E-state index in [1.54, 1.807) is 47.5 Å². The van der Waals surface area contributed by atoms with Crippen LogP contribution in [0, 0.1) is 0 Å². The number of rotatable bonds is 6. The number of halogens is 2. The molecule has 1 fully saturated rings. The Hall–Kier alpha value is -3.43. The monoisotopic (exact) mass is 494 g/mol. The number of hydrogen-bond acceptors (Lipinski definition) is 5. The third-order valence-corrected chi connectivity index (χ3v) is 7.44. The highest BCUT2D eigenvalue weighted by Crippen LogP contribution is 2.33. The Labute approximate surface area is 202 Å². The summed E-state index contributed by atoms with van der Waals surface area (Å²) in [5, 5.41) is 0. The molecule has 0 aliphatic carbocycles. The molecule has 35 heavy (non-hydrogen) atoms. The summed E-state index contributed by atoms with van der Waals surface area (Å²) in [6.45, 7) is 0.331. The number of fused-ring (bicyclic) bond motifs is 1. The van der Waals surface area contributed by atoms with E-state index in [9.17, 15) is 17.2 Å². The number of piperidine rings is 1. The summed E-state index contributed by atoms with van der Waals surface area (Å²) < 4.78 is 56.6. The highest BCUT2D eigenvalue weighted by molar-refractivity contribution is 7.89. The molecule has 1 aliphatic rings. The van der Waals surface area contributed by atoms with Crippen LogP contribution in [0.25, 0.3) is 22.3 Å². The van der Waals surface area contributed by atoms with Gasteiger partial charge in [0.2, 0.25) is 10.0 Å². The van der Waals surface area contributed by atoms with E-state index in [4.69, 9.17) is 4.98 Å². The van der Waals surface area contributed by atoms with Crippen molar-refractivity contribution < 1.29 is 17.2 Å². The molecule has 180 valence electrons. The lowest BCUT2D eigenvalue weighted by Crippen LogP contribution is -2.42. The second-order valence-corrected chi connectivity index (χ2v) is 10.4. The molecule has 9 heteroatoms. The lowest BCUT2D eigenvalue weighted by atomic mass is 10.1. The summed E-state index contributed by atoms with van der Waals surface area (Å²) in [6.07, 6.45) is 1.87. The van der Waals surface area contributed by atoms with Crippen molar-refractivity contribution in [2.45, 2.75) is 30.2 Å². The fourth-order valence-corrected chi connectivity index (χ4v) is 5.34. The molecular weight excluding hydrogens is 470 g/mol. The van der Waals surface area contributed by atoms with Gasteiger partial charge in [-0.1, -0.05) is 42.5 Å². The Morgan fingerprint density at radius 1 is 1.00 bits per heavy atom. The van der Waals surface area contributed by atoms with Crippen molar-refractivity contribution in [3.8, 4) is 11.3 Å². The molecule has 0 amide bonds. The van der Waals surface area contributed by atoms with Gasteiger partial charge in [-0.05, 0) is 42.3 Å². The maximum atomic E-state index is 14.1. The minimum Gasteiger partial charge on any atom is -0.364 e. The van der Waals surface area contributed by atoms with Gasteiger partial charge in [0, 0.05) is 31.3 Å². The van der Waals surface area contributed by atoms with Crippen LogP contribution in [-0.2, 0) is 16.6 Å². The van der Waals surface area contributed by atoms with Crippen molar-refractivity contribution in [2.75, 3.05) is 18.0 Å². The number of nitrogens with zero attached hydrogens (tertiary/aromatic N) is 3. The third kappa shape index (κ3) is 5.16. The fraction of sp³-hybridized carbons (Fsp3) is 0.231. The predicted molar refractivity (Wildman–Crippen MR) is 132 cm³/mol. The molecular formula is C26H24F2N4O2S. The first-order chi connectivity index (χ1) is 16.8. The van der Waals surface area contributed by atoms with Gasteiger partial charge in [0.05, 0.1) is 28.3 Å². The summed E-state index contributed by atoms with van der Waals surface area (Å²) in [5.41, 5.74) is 3.70. The third-order valence-electron chi connectivity index (χ3n) is 6.05. The van der Waals surface area contributed by atoms with Crippen LogP contribution in [0.5, 0.6) is 0 Å². The molecule has 2 aromatic heterocycles. The van der Waals surface area contributed by atoms with E-state index in [1.807, 2.05) is 30.3 Å². The van der Waals surface area contributed by atoms with Gasteiger partial charge >= 0.3 is 0 Å². The van der Waals surface area contributed by atoms with Gasteiger partial charge in [0.25, 0.3) is 5.92 Å². The predicted octanol–water partition coefficient (Wildman–Crippen LogP) is 5.01. The van der Waals surface area contributed by atoms with Gasteiger partial charge in [-0.2, -0.15) is 0 Å². The number of sulfonamides is 1. The average Bonchev–Trinajstić information content (AvgIpc) is 2.87. The summed E-state index contributed by atoms with van der Waals surface area (Å²) in [6, 6.07) is 21.0. The SMILES string of the molecule is O=S(=O)(NCc1ccccc1)c1cccc(-c2ccc3nccc(N4CCCC(F)(F)C4)c3n2)c1. The second kappa shape index (κ2) is 9.31. The number of anilines is 1. The lowest BCUT2D eigenvalue weighted by Gasteiger charge is -2.34. The van der Waals surface area contributed by atoms with E-state index in [0.717, 1.165) is 5.56 Å². The van der Waals surface area contributed by atoms with E-state index in [2.05, 4.69) is 9.71 Å². The Morgan fingerprint density at radius 2 is 1.83 bits per heavy atom. The first-order valence-corrected chi connectivity index (χ1v) is 12.8. The molecule has 3 heterocycles. The van der Waals surface area contributed by atoms with Crippen molar-refractivity contribution >= 4 is 26.7 Å². The maximum Gasteiger partial charge on any atom is 0.265 e. The second-order valence-electron chi connectivity index (χ2n) is 8.61. The Kier molecular flexibility index (Phi) is 6.21. The van der Waals surface area contributed by atoms with Crippen molar-refractivity contribution in [3.63, 3.8) is 0 Å². The zero-order valence-corrected chi connectivity index (χ0v) is 19.7. The van der Waals surface area contributed by atoms with Gasteiger partial charge in [0.1, 0.15) is 5.52 Å². The highest BCUT2D eigenvalue weighted by Gasteiger charge is 2.35. The normalized spacial score (nSPS) is 15.9. The van der Waals surface area contributed by atoms with Gasteiger partial charge in [0.15, 0.2) is 0 Å². The molecule has 0 radical (unpaired) electrons. The Bertz CT molecular complexity index is 1460. The summed E-state index contributed by atoms with van der Waals surface area (Å²) in [4.78, 5) is 10.8. The first-order valence-electron chi connectivity index (χ1n) is 11.3. The zero-order chi connectivity index (χ0) is 24.5. The molecule has 0 bridgehead atoms. The molecule has 2 aromatic carbocycles. The topological polar surface area (TPSA) is 75.2 Å². The molecule has 4 aromatic rings. The molecule has 6 nitrogen and oxygen atoms in total. The number of nitrogens with one attached hydrogen (secondary N) is 1. The number of alkyl halides is 2. The minimum atomic E-state index is -3.75. The molecule has 0 unspecified atom stereocenters. The number of benzene rings is 2. The van der Waals surface area contributed by atoms with Crippen LogP contribution >= 0.6 is 0 Å². The molecule has 5 rings (SSSR count). The molecule has 0 atom stereocenters. The highest BCUT2D eigenvalue weighted by atomic mass is 32.2. The number of pyridine rings is 2. The standard InChI is InChI=1S/C26H24F2N4O2S/c27-26(28)13-5-15-32(18-26)24-12-14-29-23-11-10-22(31-25(23)24)20-8-4-9-21(16-20)35(33,34)30-17-19-6-2-1-3-7-19/h1-4,6-12,14,16,30H,5,13,15,17-18H2. The van der Waals surface area contributed by atoms with Crippen molar-refractivity contribution in [1.29, 1.82) is 0 Å². The van der Waals surface area contributed by atoms with Crippen LogP contribution in [0.4, 0.5) is 14.5 Å². The van der Waals surface area contributed by atoms with Gasteiger partial charge < -0.3 is 4.90 Å². The van der Waals surface area contributed by atoms with Gasteiger partial charge in [-0.25, -0.2) is 26.9 Å². The van der Waals surface area contributed by atoms with Crippen LogP contribution in [0.1, 0.15) is 18.4 Å². The number of hydrogen-bond donors (Lipinski definition) is 1. The van der Waals surface area contributed by atoms with E-state index in [1.165, 1.54) is 6.07 Å². The lowest BCUT2D eigenvalue weighted by molar-refractivity contribution is -0.0116. The molecule has 1 aliphatic heterocycles. The smallest absolute Gasteiger partial charge is 0.265 e. The Balaban J connectivity index is 1.46. The van der Waals surface area contributed by atoms with Gasteiger partial charge in [-0.3, -0.25) is 4.98 Å². The zero-order valence-electron chi connectivity index (χ0n) is 18.9. The van der Waals surface area contributed by atoms with Crippen molar-refractivity contribution in [3.05, 3.63) is 84.6 Å². The Morgan fingerprint density at radius 3 is 2.63 bits per heavy atom. The molecule has 1 saturated heterocycles. The average molecular weight is 495 g/mol. The van der Waals surface area contributed by atoms with E-state index < -0.39 is 15.9 Å². The summed E-state index contributed by atoms with van der Waals surface area (Å²) >= 11 is 0. The molecule has 0 spiro atoms. The van der Waals surface area contributed by atoms with Crippen LogP contribution < -0.4 is 9.62 Å². The van der Waals surface area contributed by atoms with Crippen molar-refractivity contribution in [2.24, 2.45) is 0 Å². The summed E-state index contributed by atoms with van der Waals surface area (Å²) in [7, 11) is -3.75. The first kappa shape index (κ1) is 23.3. The maximum absolute atomic E-state index is 14.1. The van der Waals surface area contributed by atoms with Gasteiger partial charge in [-0.15, -0.1) is 0 Å². The minimum absolute atomic E-state index is 0.120. The fourth-order valence-electron chi connectivity index (χ4n) is 4.28. The molecule has 0 saturated carbocycles. The van der Waals surface area contributed by atoms with E-state index in [-0.39, 0.29) is 24.4 Å². The number of aromatic nitrogens is 2. The van der Waals surface area contributed by atoms with Crippen molar-refractivity contribution in [1.82, 2.24) is 14.7 Å².